The Balaban J connectivity index is 1.74. The zero-order valence-corrected chi connectivity index (χ0v) is 22.8. The molecule has 4 nitrogen and oxygen atoms in total. The molecule has 1 aromatic carbocycles. The van der Waals surface area contributed by atoms with Gasteiger partial charge >= 0.3 is 0 Å². The lowest BCUT2D eigenvalue weighted by Gasteiger charge is -2.07. The third-order valence-corrected chi connectivity index (χ3v) is 6.80. The molecule has 0 saturated heterocycles. The van der Waals surface area contributed by atoms with Crippen molar-refractivity contribution in [3.63, 3.8) is 0 Å². The number of rotatable bonds is 24. The van der Waals surface area contributed by atoms with Gasteiger partial charge in [-0.1, -0.05) is 147 Å². The van der Waals surface area contributed by atoms with Gasteiger partial charge in [0.15, 0.2) is 0 Å². The molecule has 0 aliphatic rings. The molecule has 2 N–H and O–H groups in total. The summed E-state index contributed by atoms with van der Waals surface area (Å²) in [5.74, 6) is -0.327. The molecule has 0 aliphatic carbocycles. The number of benzene rings is 1. The Labute approximate surface area is 216 Å². The van der Waals surface area contributed by atoms with Crippen LogP contribution in [-0.2, 0) is 4.79 Å². The van der Waals surface area contributed by atoms with Gasteiger partial charge in [-0.2, -0.15) is 0 Å². The van der Waals surface area contributed by atoms with Gasteiger partial charge < -0.3 is 10.6 Å². The Kier molecular flexibility index (Phi) is 21.3. The molecule has 0 aromatic heterocycles. The van der Waals surface area contributed by atoms with E-state index < -0.39 is 0 Å². The molecule has 0 saturated carbocycles. The lowest BCUT2D eigenvalue weighted by molar-refractivity contribution is -0.120. The van der Waals surface area contributed by atoms with Crippen LogP contribution in [0.5, 0.6) is 0 Å². The number of carbonyl (C=O) groups is 2. The van der Waals surface area contributed by atoms with Gasteiger partial charge in [0.1, 0.15) is 0 Å². The number of unbranched alkanes of at least 4 members (excludes halogenated alkanes) is 19. The molecule has 4 heteroatoms. The summed E-state index contributed by atoms with van der Waals surface area (Å²) >= 11 is 0. The standard InChI is InChI=1S/C31H54N2O2/c1-2-3-4-5-6-7-8-9-10-11-12-13-14-15-16-17-18-19-20-24-27-32-30(34)28-33-31(35)29-25-22-21-23-26-29/h21-23,25-26H,2-20,24,27-28H2,1H3,(H,32,34)(H,33,35). The summed E-state index contributed by atoms with van der Waals surface area (Å²) in [6.45, 7) is 3.01. The van der Waals surface area contributed by atoms with Crippen LogP contribution < -0.4 is 10.6 Å². The molecule has 0 fully saturated rings. The molecule has 0 spiro atoms. The average molecular weight is 487 g/mol. The van der Waals surface area contributed by atoms with E-state index in [9.17, 15) is 9.59 Å². The first kappa shape index (κ1) is 31.2. The van der Waals surface area contributed by atoms with Crippen molar-refractivity contribution >= 4 is 11.8 Å². The third-order valence-electron chi connectivity index (χ3n) is 6.80. The average Bonchev–Trinajstić information content (AvgIpc) is 2.88. The molecule has 1 rings (SSSR count). The summed E-state index contributed by atoms with van der Waals surface area (Å²) in [5.41, 5.74) is 0.578. The smallest absolute Gasteiger partial charge is 0.251 e. The second-order valence-electron chi connectivity index (χ2n) is 10.1. The van der Waals surface area contributed by atoms with Gasteiger partial charge in [0, 0.05) is 12.1 Å². The first-order valence-electron chi connectivity index (χ1n) is 14.8. The van der Waals surface area contributed by atoms with Crippen molar-refractivity contribution in [1.82, 2.24) is 10.6 Å². The molecule has 0 heterocycles. The number of carbonyl (C=O) groups excluding carboxylic acids is 2. The van der Waals surface area contributed by atoms with E-state index >= 15 is 0 Å². The number of hydrogen-bond donors (Lipinski definition) is 2. The molecule has 0 unspecified atom stereocenters. The maximum Gasteiger partial charge on any atom is 0.251 e. The van der Waals surface area contributed by atoms with Crippen molar-refractivity contribution < 1.29 is 9.59 Å². The largest absolute Gasteiger partial charge is 0.355 e. The van der Waals surface area contributed by atoms with Crippen molar-refractivity contribution in [2.45, 2.75) is 135 Å². The Hall–Kier alpha value is -1.84. The first-order chi connectivity index (χ1) is 17.2. The molecule has 0 bridgehead atoms. The van der Waals surface area contributed by atoms with Crippen molar-refractivity contribution in [2.75, 3.05) is 13.1 Å². The van der Waals surface area contributed by atoms with Crippen LogP contribution in [0.2, 0.25) is 0 Å². The van der Waals surface area contributed by atoms with Crippen LogP contribution in [-0.4, -0.2) is 24.9 Å². The fourth-order valence-corrected chi connectivity index (χ4v) is 4.52. The highest BCUT2D eigenvalue weighted by atomic mass is 16.2. The fraction of sp³-hybridized carbons (Fsp3) is 0.742. The lowest BCUT2D eigenvalue weighted by Crippen LogP contribution is -2.37. The Bertz CT molecular complexity index is 618. The maximum absolute atomic E-state index is 11.9. The van der Waals surface area contributed by atoms with Crippen LogP contribution >= 0.6 is 0 Å². The van der Waals surface area contributed by atoms with Crippen molar-refractivity contribution in [3.8, 4) is 0 Å². The Morgan fingerprint density at radius 1 is 0.543 bits per heavy atom. The van der Waals surface area contributed by atoms with E-state index in [0.29, 0.717) is 12.1 Å². The Morgan fingerprint density at radius 2 is 0.943 bits per heavy atom. The van der Waals surface area contributed by atoms with Gasteiger partial charge in [-0.05, 0) is 18.6 Å². The zero-order valence-electron chi connectivity index (χ0n) is 22.8. The lowest BCUT2D eigenvalue weighted by atomic mass is 10.0. The Morgan fingerprint density at radius 3 is 1.37 bits per heavy atom. The number of hydrogen-bond acceptors (Lipinski definition) is 2. The summed E-state index contributed by atoms with van der Waals surface area (Å²) in [6, 6.07) is 8.98. The van der Waals surface area contributed by atoms with Gasteiger partial charge in [-0.3, -0.25) is 9.59 Å². The SMILES string of the molecule is CCCCCCCCCCCCCCCCCCCCCCNC(=O)CNC(=O)c1ccccc1. The van der Waals surface area contributed by atoms with Gasteiger partial charge in [0.2, 0.25) is 5.91 Å². The second kappa shape index (κ2) is 23.9. The van der Waals surface area contributed by atoms with E-state index in [-0.39, 0.29) is 18.4 Å². The van der Waals surface area contributed by atoms with Crippen molar-refractivity contribution in [3.05, 3.63) is 35.9 Å². The summed E-state index contributed by atoms with van der Waals surface area (Å²) in [4.78, 5) is 23.8. The highest BCUT2D eigenvalue weighted by Crippen LogP contribution is 2.14. The van der Waals surface area contributed by atoms with E-state index in [0.717, 1.165) is 12.8 Å². The van der Waals surface area contributed by atoms with Crippen LogP contribution in [0.1, 0.15) is 146 Å². The third kappa shape index (κ3) is 20.1. The predicted molar refractivity (Wildman–Crippen MR) is 150 cm³/mol. The summed E-state index contributed by atoms with van der Waals surface area (Å²) in [6.07, 6.45) is 27.4. The monoisotopic (exact) mass is 486 g/mol. The van der Waals surface area contributed by atoms with Crippen LogP contribution in [0.3, 0.4) is 0 Å². The second-order valence-corrected chi connectivity index (χ2v) is 10.1. The van der Waals surface area contributed by atoms with Gasteiger partial charge in [0.25, 0.3) is 5.91 Å². The molecular weight excluding hydrogens is 432 g/mol. The van der Waals surface area contributed by atoms with E-state index in [1.54, 1.807) is 12.1 Å². The molecule has 0 aliphatic heterocycles. The fourth-order valence-electron chi connectivity index (χ4n) is 4.52. The van der Waals surface area contributed by atoms with Crippen LogP contribution in [0.25, 0.3) is 0 Å². The van der Waals surface area contributed by atoms with Crippen molar-refractivity contribution in [2.24, 2.45) is 0 Å². The molecule has 1 aromatic rings. The van der Waals surface area contributed by atoms with Crippen molar-refractivity contribution in [1.29, 1.82) is 0 Å². The van der Waals surface area contributed by atoms with Gasteiger partial charge in [-0.25, -0.2) is 0 Å². The normalized spacial score (nSPS) is 10.9. The number of amides is 2. The van der Waals surface area contributed by atoms with E-state index in [1.807, 2.05) is 18.2 Å². The maximum atomic E-state index is 11.9. The van der Waals surface area contributed by atoms with E-state index in [4.69, 9.17) is 0 Å². The first-order valence-corrected chi connectivity index (χ1v) is 14.8. The van der Waals surface area contributed by atoms with E-state index in [2.05, 4.69) is 17.6 Å². The number of nitrogens with one attached hydrogen (secondary N) is 2. The molecule has 35 heavy (non-hydrogen) atoms. The predicted octanol–water partition coefficient (Wildman–Crippen LogP) is 8.35. The topological polar surface area (TPSA) is 58.2 Å². The summed E-state index contributed by atoms with van der Waals surface area (Å²) in [5, 5.41) is 5.56. The minimum absolute atomic E-state index is 0.0346. The molecule has 0 atom stereocenters. The summed E-state index contributed by atoms with van der Waals surface area (Å²) in [7, 11) is 0. The quantitative estimate of drug-likeness (QED) is 0.144. The molecular formula is C31H54N2O2. The molecule has 200 valence electrons. The minimum atomic E-state index is -0.209. The van der Waals surface area contributed by atoms with Crippen LogP contribution in [0.15, 0.2) is 30.3 Å². The van der Waals surface area contributed by atoms with E-state index in [1.165, 1.54) is 116 Å². The molecule has 0 radical (unpaired) electrons. The van der Waals surface area contributed by atoms with Crippen LogP contribution in [0.4, 0.5) is 0 Å². The van der Waals surface area contributed by atoms with Crippen LogP contribution in [0, 0.1) is 0 Å². The molecule has 2 amide bonds. The highest BCUT2D eigenvalue weighted by Gasteiger charge is 2.06. The van der Waals surface area contributed by atoms with Gasteiger partial charge in [-0.15, -0.1) is 0 Å². The minimum Gasteiger partial charge on any atom is -0.355 e. The highest BCUT2D eigenvalue weighted by molar-refractivity contribution is 5.96. The van der Waals surface area contributed by atoms with Gasteiger partial charge in [0.05, 0.1) is 6.54 Å². The summed E-state index contributed by atoms with van der Waals surface area (Å²) < 4.78 is 0. The zero-order chi connectivity index (χ0) is 25.2.